The number of nitrogens with zero attached hydrogens (tertiary/aromatic N) is 2. The summed E-state index contributed by atoms with van der Waals surface area (Å²) in [6.45, 7) is -1.23. The van der Waals surface area contributed by atoms with E-state index < -0.39 is 12.5 Å². The first-order chi connectivity index (χ1) is 11.0. The fourth-order valence-corrected chi connectivity index (χ4v) is 2.63. The van der Waals surface area contributed by atoms with E-state index in [0.29, 0.717) is 16.8 Å². The van der Waals surface area contributed by atoms with Gasteiger partial charge in [-0.15, -0.1) is 5.10 Å². The number of ether oxygens (including phenoxy) is 2. The zero-order valence-corrected chi connectivity index (χ0v) is 12.0. The van der Waals surface area contributed by atoms with Crippen LogP contribution in [0.1, 0.15) is 22.7 Å². The molecule has 0 amide bonds. The van der Waals surface area contributed by atoms with Gasteiger partial charge in [-0.1, -0.05) is 18.2 Å². The average molecular weight is 318 g/mol. The van der Waals surface area contributed by atoms with Crippen LogP contribution in [0.3, 0.4) is 0 Å². The van der Waals surface area contributed by atoms with Gasteiger partial charge in [-0.05, 0) is 13.0 Å². The van der Waals surface area contributed by atoms with Gasteiger partial charge in [0.2, 0.25) is 11.8 Å². The summed E-state index contributed by atoms with van der Waals surface area (Å²) in [5.41, 5.74) is 7.51. The zero-order valence-electron chi connectivity index (χ0n) is 12.0. The number of allylic oxidation sites excluding steroid dienone is 1. The fourth-order valence-electron chi connectivity index (χ4n) is 2.63. The first kappa shape index (κ1) is 14.8. The third kappa shape index (κ3) is 2.46. The highest BCUT2D eigenvalue weighted by molar-refractivity contribution is 5.57. The molecule has 1 aliphatic rings. The number of rotatable bonds is 3. The third-order valence-corrected chi connectivity index (χ3v) is 3.58. The average Bonchev–Trinajstić information content (AvgIpc) is 2.87. The molecule has 0 bridgehead atoms. The predicted molar refractivity (Wildman–Crippen MR) is 75.7 cm³/mol. The molecule has 2 heterocycles. The van der Waals surface area contributed by atoms with E-state index in [9.17, 15) is 14.0 Å². The Labute approximate surface area is 130 Å². The van der Waals surface area contributed by atoms with Crippen LogP contribution in [0.4, 0.5) is 8.78 Å². The molecule has 3 rings (SSSR count). The lowest BCUT2D eigenvalue weighted by atomic mass is 9.83. The molecule has 0 fully saturated rings. The molecule has 0 aliphatic carbocycles. The van der Waals surface area contributed by atoms with Crippen molar-refractivity contribution in [3.8, 4) is 17.7 Å². The van der Waals surface area contributed by atoms with Gasteiger partial charge in [0.15, 0.2) is 0 Å². The Hall–Kier alpha value is -3.08. The maximum absolute atomic E-state index is 12.7. The highest BCUT2D eigenvalue weighted by atomic mass is 19.3. The van der Waals surface area contributed by atoms with Crippen molar-refractivity contribution >= 4 is 0 Å². The van der Waals surface area contributed by atoms with Crippen LogP contribution in [-0.4, -0.2) is 16.8 Å². The number of aromatic amines is 1. The number of nitriles is 1. The normalized spacial score (nSPS) is 16.7. The molecule has 1 aromatic carbocycles. The summed E-state index contributed by atoms with van der Waals surface area (Å²) in [6, 6.07) is 8.25. The van der Waals surface area contributed by atoms with E-state index in [2.05, 4.69) is 14.9 Å². The molecule has 0 saturated heterocycles. The molecule has 8 heteroatoms. The van der Waals surface area contributed by atoms with E-state index in [1.165, 1.54) is 6.07 Å². The summed E-state index contributed by atoms with van der Waals surface area (Å²) in [4.78, 5) is 0. The number of hydrogen-bond acceptors (Lipinski definition) is 5. The van der Waals surface area contributed by atoms with Crippen molar-refractivity contribution in [3.63, 3.8) is 0 Å². The second-order valence-electron chi connectivity index (χ2n) is 4.91. The molecule has 0 radical (unpaired) electrons. The fraction of sp³-hybridized carbons (Fsp3) is 0.200. The highest BCUT2D eigenvalue weighted by Gasteiger charge is 2.36. The van der Waals surface area contributed by atoms with Crippen molar-refractivity contribution in [3.05, 3.63) is 52.5 Å². The number of H-pyrrole nitrogens is 1. The molecule has 1 atom stereocenters. The summed E-state index contributed by atoms with van der Waals surface area (Å²) in [5, 5.41) is 16.2. The van der Waals surface area contributed by atoms with Gasteiger partial charge < -0.3 is 15.2 Å². The number of aromatic nitrogens is 2. The van der Waals surface area contributed by atoms with Crippen molar-refractivity contribution in [2.24, 2.45) is 5.73 Å². The minimum atomic E-state index is -2.98. The lowest BCUT2D eigenvalue weighted by Gasteiger charge is -2.25. The molecule has 1 aliphatic heterocycles. The van der Waals surface area contributed by atoms with E-state index in [1.807, 2.05) is 6.07 Å². The topological polar surface area (TPSA) is 97.0 Å². The zero-order chi connectivity index (χ0) is 16.6. The number of para-hydroxylation sites is 1. The summed E-state index contributed by atoms with van der Waals surface area (Å²) in [5.74, 6) is -0.613. The number of benzene rings is 1. The van der Waals surface area contributed by atoms with Crippen molar-refractivity contribution in [2.45, 2.75) is 19.5 Å². The molecule has 0 spiro atoms. The van der Waals surface area contributed by atoms with E-state index in [4.69, 9.17) is 10.5 Å². The van der Waals surface area contributed by atoms with E-state index in [0.717, 1.165) is 0 Å². The number of halogens is 2. The lowest BCUT2D eigenvalue weighted by molar-refractivity contribution is -0.0504. The molecule has 3 N–H and O–H groups in total. The Balaban J connectivity index is 2.22. The van der Waals surface area contributed by atoms with Crippen LogP contribution in [-0.2, 0) is 0 Å². The van der Waals surface area contributed by atoms with Crippen molar-refractivity contribution < 1.29 is 18.3 Å². The smallest absolute Gasteiger partial charge is 0.387 e. The van der Waals surface area contributed by atoms with Crippen molar-refractivity contribution in [1.82, 2.24) is 10.2 Å². The molecule has 1 aromatic heterocycles. The molecule has 2 aromatic rings. The van der Waals surface area contributed by atoms with Crippen molar-refractivity contribution in [1.29, 1.82) is 5.26 Å². The first-order valence-corrected chi connectivity index (χ1v) is 6.69. The lowest BCUT2D eigenvalue weighted by Crippen LogP contribution is -2.21. The Morgan fingerprint density at radius 2 is 2.17 bits per heavy atom. The van der Waals surface area contributed by atoms with E-state index in [1.54, 1.807) is 25.1 Å². The van der Waals surface area contributed by atoms with Gasteiger partial charge in [0.25, 0.3) is 0 Å². The number of alkyl halides is 2. The van der Waals surface area contributed by atoms with E-state index in [-0.39, 0.29) is 23.1 Å². The quantitative estimate of drug-likeness (QED) is 0.906. The Bertz CT molecular complexity index is 823. The van der Waals surface area contributed by atoms with Gasteiger partial charge in [-0.2, -0.15) is 14.0 Å². The predicted octanol–water partition coefficient (Wildman–Crippen LogP) is 2.54. The molecular formula is C15H12F2N4O2. The summed E-state index contributed by atoms with van der Waals surface area (Å²) in [6.07, 6.45) is 0. The van der Waals surface area contributed by atoms with Crippen molar-refractivity contribution in [2.75, 3.05) is 0 Å². The number of fused-ring (bicyclic) bond motifs is 1. The standard InChI is InChI=1S/C15H12F2N4O2/c1-7-11-12(8-4-2-3-5-10(8)22-15(16)17)9(6-18)13(19)23-14(11)21-20-7/h2-5,12,15H,19H2,1H3,(H,20,21)/t12-/m1/s1. The number of aryl methyl sites for hydroxylation is 1. The summed E-state index contributed by atoms with van der Waals surface area (Å²) >= 11 is 0. The Morgan fingerprint density at radius 3 is 2.87 bits per heavy atom. The highest BCUT2D eigenvalue weighted by Crippen LogP contribution is 2.45. The van der Waals surface area contributed by atoms with Gasteiger partial charge in [0, 0.05) is 16.8 Å². The summed E-state index contributed by atoms with van der Waals surface area (Å²) < 4.78 is 35.3. The van der Waals surface area contributed by atoms with Gasteiger partial charge in [-0.25, -0.2) is 0 Å². The number of hydrogen-bond donors (Lipinski definition) is 2. The third-order valence-electron chi connectivity index (χ3n) is 3.58. The summed E-state index contributed by atoms with van der Waals surface area (Å²) in [7, 11) is 0. The van der Waals surface area contributed by atoms with Crippen LogP contribution in [0.15, 0.2) is 35.7 Å². The second-order valence-corrected chi connectivity index (χ2v) is 4.91. The van der Waals surface area contributed by atoms with Crippen LogP contribution in [0, 0.1) is 18.3 Å². The molecule has 6 nitrogen and oxygen atoms in total. The van der Waals surface area contributed by atoms with Crippen LogP contribution in [0.5, 0.6) is 11.6 Å². The molecule has 118 valence electrons. The maximum atomic E-state index is 12.7. The Kier molecular flexibility index (Phi) is 3.62. The van der Waals surface area contributed by atoms with Crippen LogP contribution in [0.25, 0.3) is 0 Å². The molecule has 23 heavy (non-hydrogen) atoms. The Morgan fingerprint density at radius 1 is 1.43 bits per heavy atom. The van der Waals surface area contributed by atoms with Crippen LogP contribution in [0.2, 0.25) is 0 Å². The minimum absolute atomic E-state index is 0.0264. The molecule has 0 unspecified atom stereocenters. The van der Waals surface area contributed by atoms with Gasteiger partial charge >= 0.3 is 6.61 Å². The SMILES string of the molecule is Cc1[nH]nc2c1[C@H](c1ccccc1OC(F)F)C(C#N)=C(N)O2. The second kappa shape index (κ2) is 5.61. The van der Waals surface area contributed by atoms with E-state index >= 15 is 0 Å². The minimum Gasteiger partial charge on any atom is -0.435 e. The molecular weight excluding hydrogens is 306 g/mol. The van der Waals surface area contributed by atoms with Gasteiger partial charge in [0.05, 0.1) is 5.92 Å². The van der Waals surface area contributed by atoms with Crippen LogP contribution < -0.4 is 15.2 Å². The maximum Gasteiger partial charge on any atom is 0.387 e. The monoisotopic (exact) mass is 318 g/mol. The number of nitrogens with two attached hydrogens (primary N) is 1. The molecule has 0 saturated carbocycles. The largest absolute Gasteiger partial charge is 0.435 e. The first-order valence-electron chi connectivity index (χ1n) is 6.69. The van der Waals surface area contributed by atoms with Gasteiger partial charge in [0.1, 0.15) is 17.4 Å². The van der Waals surface area contributed by atoms with Gasteiger partial charge in [-0.3, -0.25) is 5.10 Å². The van der Waals surface area contributed by atoms with Crippen LogP contribution >= 0.6 is 0 Å². The number of nitrogens with one attached hydrogen (secondary N) is 1.